The van der Waals surface area contributed by atoms with Gasteiger partial charge in [-0.1, -0.05) is 106 Å². The van der Waals surface area contributed by atoms with E-state index in [0.29, 0.717) is 0 Å². The first-order valence-electron chi connectivity index (χ1n) is 14.1. The molecule has 0 saturated heterocycles. The number of benzene rings is 6. The first-order chi connectivity index (χ1) is 19.0. The molecule has 6 aromatic carbocycles. The average Bonchev–Trinajstić information content (AvgIpc) is 3.30. The van der Waals surface area contributed by atoms with E-state index in [9.17, 15) is 0 Å². The molecule has 8 rings (SSSR count). The third-order valence-corrected chi connectivity index (χ3v) is 8.74. The van der Waals surface area contributed by atoms with Gasteiger partial charge in [-0.2, -0.15) is 0 Å². The number of nitrogens with zero attached hydrogens (tertiary/aromatic N) is 1. The lowest BCUT2D eigenvalue weighted by Gasteiger charge is -2.23. The molecule has 1 heterocycles. The van der Waals surface area contributed by atoms with Crippen molar-refractivity contribution in [1.29, 1.82) is 0 Å². The zero-order chi connectivity index (χ0) is 26.3. The Morgan fingerprint density at radius 2 is 1.41 bits per heavy atom. The van der Waals surface area contributed by atoms with E-state index in [1.54, 1.807) is 0 Å². The number of aromatic nitrogens is 1. The fourth-order valence-electron chi connectivity index (χ4n) is 6.98. The molecular formula is C38H31N. The summed E-state index contributed by atoms with van der Waals surface area (Å²) in [4.78, 5) is 0. The van der Waals surface area contributed by atoms with Gasteiger partial charge in [0, 0.05) is 16.8 Å². The summed E-state index contributed by atoms with van der Waals surface area (Å²) in [5, 5.41) is 9.48. The minimum atomic E-state index is 0.0899. The van der Waals surface area contributed by atoms with Gasteiger partial charge in [0.25, 0.3) is 0 Å². The topological polar surface area (TPSA) is 4.93 Å². The lowest BCUT2D eigenvalue weighted by molar-refractivity contribution is 0.596. The van der Waals surface area contributed by atoms with Crippen molar-refractivity contribution < 1.29 is 0 Å². The third kappa shape index (κ3) is 3.26. The molecule has 7 aromatic rings. The molecule has 0 unspecified atom stereocenters. The van der Waals surface area contributed by atoms with Crippen molar-refractivity contribution in [3.63, 3.8) is 0 Å². The molecule has 0 N–H and O–H groups in total. The molecule has 1 aromatic heterocycles. The Morgan fingerprint density at radius 3 is 2.26 bits per heavy atom. The number of aryl methyl sites for hydroxylation is 1. The Bertz CT molecular complexity index is 2090. The Labute approximate surface area is 229 Å². The van der Waals surface area contributed by atoms with E-state index in [2.05, 4.69) is 135 Å². The van der Waals surface area contributed by atoms with Crippen LogP contribution in [0.15, 0.2) is 103 Å². The van der Waals surface area contributed by atoms with Gasteiger partial charge in [0.1, 0.15) is 0 Å². The molecule has 1 aliphatic rings. The van der Waals surface area contributed by atoms with E-state index in [1.807, 2.05) is 0 Å². The quantitative estimate of drug-likeness (QED) is 0.208. The summed E-state index contributed by atoms with van der Waals surface area (Å²) in [6.45, 7) is 6.94. The summed E-state index contributed by atoms with van der Waals surface area (Å²) >= 11 is 0. The van der Waals surface area contributed by atoms with E-state index in [1.165, 1.54) is 76.9 Å². The minimum absolute atomic E-state index is 0.0899. The fourth-order valence-corrected chi connectivity index (χ4v) is 6.98. The number of fused-ring (bicyclic) bond motifs is 3. The largest absolute Gasteiger partial charge is 0.310 e. The van der Waals surface area contributed by atoms with Crippen molar-refractivity contribution in [2.45, 2.75) is 39.0 Å². The number of rotatable bonds is 2. The van der Waals surface area contributed by atoms with Gasteiger partial charge in [-0.05, 0) is 97.1 Å². The Balaban J connectivity index is 1.39. The number of hydrogen-bond acceptors (Lipinski definition) is 0. The van der Waals surface area contributed by atoms with Crippen molar-refractivity contribution in [2.24, 2.45) is 0 Å². The van der Waals surface area contributed by atoms with E-state index >= 15 is 0 Å². The highest BCUT2D eigenvalue weighted by Crippen LogP contribution is 2.43. The van der Waals surface area contributed by atoms with Crippen LogP contribution in [0.1, 0.15) is 44.0 Å². The minimum Gasteiger partial charge on any atom is -0.310 e. The summed E-state index contributed by atoms with van der Waals surface area (Å²) in [5.41, 5.74) is 9.35. The predicted molar refractivity (Wildman–Crippen MR) is 168 cm³/mol. The van der Waals surface area contributed by atoms with Crippen LogP contribution in [0, 0.1) is 0 Å². The summed E-state index contributed by atoms with van der Waals surface area (Å²) in [6, 6.07) is 36.5. The second kappa shape index (κ2) is 8.07. The lowest BCUT2D eigenvalue weighted by atomic mass is 9.81. The van der Waals surface area contributed by atoms with Gasteiger partial charge < -0.3 is 4.57 Å². The van der Waals surface area contributed by atoms with Crippen LogP contribution in [0.25, 0.3) is 66.1 Å². The summed E-state index contributed by atoms with van der Waals surface area (Å²) in [7, 11) is 0. The molecule has 0 aliphatic heterocycles. The molecule has 0 saturated carbocycles. The van der Waals surface area contributed by atoms with Crippen molar-refractivity contribution in [2.75, 3.05) is 0 Å². The Kier molecular flexibility index (Phi) is 4.68. The number of para-hydroxylation sites is 1. The van der Waals surface area contributed by atoms with E-state index in [-0.39, 0.29) is 5.41 Å². The van der Waals surface area contributed by atoms with Gasteiger partial charge in [0.05, 0.1) is 5.52 Å². The van der Waals surface area contributed by atoms with Gasteiger partial charge in [0.15, 0.2) is 0 Å². The van der Waals surface area contributed by atoms with E-state index in [0.717, 1.165) is 12.8 Å². The maximum atomic E-state index is 2.45. The van der Waals surface area contributed by atoms with Gasteiger partial charge in [0.2, 0.25) is 0 Å². The SMILES string of the molecule is CC(C)(C)c1ccc2ccc3c(-c4cccc(-n5c6c(c7ccccc75)CCC=C6)c4)ccc4ccc1c2c43. The first kappa shape index (κ1) is 22.6. The number of hydrogen-bond donors (Lipinski definition) is 0. The molecule has 0 radical (unpaired) electrons. The highest BCUT2D eigenvalue weighted by molar-refractivity contribution is 6.26. The molecule has 0 atom stereocenters. The Morgan fingerprint density at radius 1 is 0.667 bits per heavy atom. The van der Waals surface area contributed by atoms with Gasteiger partial charge >= 0.3 is 0 Å². The normalized spacial score (nSPS) is 13.7. The molecule has 0 bridgehead atoms. The average molecular weight is 502 g/mol. The van der Waals surface area contributed by atoms with Crippen LogP contribution in [0.5, 0.6) is 0 Å². The molecule has 0 amide bonds. The van der Waals surface area contributed by atoms with Crippen LogP contribution in [0.2, 0.25) is 0 Å². The van der Waals surface area contributed by atoms with Gasteiger partial charge in [-0.15, -0.1) is 0 Å². The van der Waals surface area contributed by atoms with Crippen LogP contribution in [-0.2, 0) is 11.8 Å². The summed E-state index contributed by atoms with van der Waals surface area (Å²) in [6.07, 6.45) is 6.84. The van der Waals surface area contributed by atoms with Crippen molar-refractivity contribution in [1.82, 2.24) is 4.57 Å². The molecule has 39 heavy (non-hydrogen) atoms. The molecule has 1 heteroatoms. The molecule has 1 nitrogen and oxygen atoms in total. The summed E-state index contributed by atoms with van der Waals surface area (Å²) < 4.78 is 2.45. The highest BCUT2D eigenvalue weighted by atomic mass is 15.0. The molecule has 0 fully saturated rings. The maximum Gasteiger partial charge on any atom is 0.0537 e. The molecular weight excluding hydrogens is 470 g/mol. The zero-order valence-corrected chi connectivity index (χ0v) is 22.8. The van der Waals surface area contributed by atoms with E-state index in [4.69, 9.17) is 0 Å². The highest BCUT2D eigenvalue weighted by Gasteiger charge is 2.21. The number of allylic oxidation sites excluding steroid dienone is 1. The molecule has 1 aliphatic carbocycles. The lowest BCUT2D eigenvalue weighted by Crippen LogP contribution is -2.11. The maximum absolute atomic E-state index is 2.45. The van der Waals surface area contributed by atoms with Crippen molar-refractivity contribution in [3.8, 4) is 16.8 Å². The first-order valence-corrected chi connectivity index (χ1v) is 14.1. The standard InChI is InChI=1S/C38H31N/c1-38(2,3)33-22-18-25-16-20-31-28(19-15-24-17-21-32(33)37(25)36(24)31)26-9-8-10-27(23-26)39-34-13-6-4-11-29(34)30-12-5-7-14-35(30)39/h4,6-11,13-23H,5,12H2,1-3H3. The third-order valence-electron chi connectivity index (χ3n) is 8.74. The van der Waals surface area contributed by atoms with Crippen molar-refractivity contribution >= 4 is 49.3 Å². The van der Waals surface area contributed by atoms with Gasteiger partial charge in [-0.25, -0.2) is 0 Å². The monoisotopic (exact) mass is 501 g/mol. The van der Waals surface area contributed by atoms with E-state index < -0.39 is 0 Å². The van der Waals surface area contributed by atoms with Crippen LogP contribution < -0.4 is 0 Å². The van der Waals surface area contributed by atoms with Crippen LogP contribution in [-0.4, -0.2) is 4.57 Å². The predicted octanol–water partition coefficient (Wildman–Crippen LogP) is 10.5. The van der Waals surface area contributed by atoms with Crippen LogP contribution in [0.3, 0.4) is 0 Å². The zero-order valence-electron chi connectivity index (χ0n) is 22.8. The van der Waals surface area contributed by atoms with Crippen LogP contribution >= 0.6 is 0 Å². The van der Waals surface area contributed by atoms with Gasteiger partial charge in [-0.3, -0.25) is 0 Å². The molecule has 0 spiro atoms. The second-order valence-corrected chi connectivity index (χ2v) is 12.1. The van der Waals surface area contributed by atoms with Crippen LogP contribution in [0.4, 0.5) is 0 Å². The smallest absolute Gasteiger partial charge is 0.0537 e. The Hall–Kier alpha value is -4.36. The fraction of sp³-hybridized carbons (Fsp3) is 0.158. The molecule has 188 valence electrons. The second-order valence-electron chi connectivity index (χ2n) is 12.1. The summed E-state index contributed by atoms with van der Waals surface area (Å²) in [5.74, 6) is 0. The van der Waals surface area contributed by atoms with Crippen molar-refractivity contribution in [3.05, 3.63) is 120 Å².